The average molecular weight is 666 g/mol. The van der Waals surface area contributed by atoms with Gasteiger partial charge in [0.1, 0.15) is 0 Å². The molecular formula is C36H47N3O7S. The number of imide groups is 1. The molecule has 2 amide bonds. The third kappa shape index (κ3) is 9.13. The molecule has 47 heavy (non-hydrogen) atoms. The Balaban J connectivity index is 1.84. The van der Waals surface area contributed by atoms with E-state index in [1.165, 1.54) is 42.6 Å². The lowest BCUT2D eigenvalue weighted by atomic mass is 9.84. The lowest BCUT2D eigenvalue weighted by Crippen LogP contribution is -2.53. The monoisotopic (exact) mass is 665 g/mol. The van der Waals surface area contributed by atoms with Crippen LogP contribution in [0.25, 0.3) is 0 Å². The van der Waals surface area contributed by atoms with Crippen LogP contribution < -0.4 is 5.73 Å². The van der Waals surface area contributed by atoms with E-state index in [1.807, 2.05) is 67.6 Å². The van der Waals surface area contributed by atoms with Gasteiger partial charge in [-0.15, -0.1) is 0 Å². The number of ether oxygens (including phenoxy) is 1. The van der Waals surface area contributed by atoms with Gasteiger partial charge in [0.2, 0.25) is 15.9 Å². The highest BCUT2D eigenvalue weighted by Gasteiger charge is 2.38. The van der Waals surface area contributed by atoms with Crippen molar-refractivity contribution in [2.75, 3.05) is 13.7 Å². The molecule has 3 N–H and O–H groups in total. The molecule has 3 rings (SSSR count). The second kappa shape index (κ2) is 17.3. The molecule has 0 aliphatic rings. The lowest BCUT2D eigenvalue weighted by molar-refractivity contribution is -0.133. The van der Waals surface area contributed by atoms with E-state index in [-0.39, 0.29) is 17.1 Å². The van der Waals surface area contributed by atoms with Gasteiger partial charge in [-0.3, -0.25) is 9.59 Å². The normalized spacial score (nSPS) is 13.7. The van der Waals surface area contributed by atoms with Gasteiger partial charge in [-0.2, -0.15) is 4.31 Å². The molecular weight excluding hydrogens is 618 g/mol. The Morgan fingerprint density at radius 3 is 1.79 bits per heavy atom. The van der Waals surface area contributed by atoms with E-state index in [0.717, 1.165) is 16.0 Å². The number of nitrogens with two attached hydrogens (primary N) is 1. The molecule has 0 spiro atoms. The van der Waals surface area contributed by atoms with Gasteiger partial charge in [0.15, 0.2) is 5.78 Å². The van der Waals surface area contributed by atoms with Crippen molar-refractivity contribution in [1.29, 1.82) is 0 Å². The predicted octanol–water partition coefficient (Wildman–Crippen LogP) is 5.35. The van der Waals surface area contributed by atoms with Gasteiger partial charge in [0.25, 0.3) is 0 Å². The molecule has 3 aromatic rings. The number of aliphatic hydroxyl groups excluding tert-OH is 1. The molecule has 0 unspecified atom stereocenters. The van der Waals surface area contributed by atoms with Crippen molar-refractivity contribution in [3.8, 4) is 0 Å². The van der Waals surface area contributed by atoms with E-state index < -0.39 is 58.7 Å². The number of Topliss-reactive ketones (excluding diaryl/α,β-unsaturated/α-hetero) is 1. The number of sulfonamides is 1. The first-order valence-electron chi connectivity index (χ1n) is 15.9. The summed E-state index contributed by atoms with van der Waals surface area (Å²) >= 11 is 0. The van der Waals surface area contributed by atoms with Gasteiger partial charge >= 0.3 is 6.09 Å². The molecule has 0 aliphatic carbocycles. The summed E-state index contributed by atoms with van der Waals surface area (Å²) in [6.07, 6.45) is 0.579. The summed E-state index contributed by atoms with van der Waals surface area (Å²) in [7, 11) is -2.81. The van der Waals surface area contributed by atoms with Crippen LogP contribution in [0.4, 0.5) is 4.79 Å². The molecule has 0 fully saturated rings. The fourth-order valence-corrected chi connectivity index (χ4v) is 7.87. The second-order valence-electron chi connectivity index (χ2n) is 11.8. The fourth-order valence-electron chi connectivity index (χ4n) is 6.03. The van der Waals surface area contributed by atoms with Crippen molar-refractivity contribution in [3.63, 3.8) is 0 Å². The van der Waals surface area contributed by atoms with E-state index >= 15 is 0 Å². The Morgan fingerprint density at radius 1 is 0.851 bits per heavy atom. The van der Waals surface area contributed by atoms with Crippen LogP contribution in [0.2, 0.25) is 0 Å². The van der Waals surface area contributed by atoms with E-state index in [4.69, 9.17) is 10.5 Å². The van der Waals surface area contributed by atoms with Crippen molar-refractivity contribution in [1.82, 2.24) is 9.21 Å². The maximum absolute atomic E-state index is 14.1. The minimum Gasteiger partial charge on any atom is -0.452 e. The lowest BCUT2D eigenvalue weighted by Gasteiger charge is -2.35. The number of rotatable bonds is 16. The fraction of sp³-hybridized carbons (Fsp3) is 0.417. The van der Waals surface area contributed by atoms with Crippen LogP contribution in [0, 0.1) is 0 Å². The number of nitrogens with zero attached hydrogens (tertiary/aromatic N) is 2. The molecule has 3 atom stereocenters. The standard InChI is InChI=1S/C36H47N3O7S/c1-6-30(18-13-19-31(24-40)39(25(2)3)47(44,45)32-22-20-27(21-23-32)26(4)41)38(36(43)46-5)35(42)34(37)33(28-14-9-7-10-15-28)29-16-11-8-12-17-29/h7-12,14-17,20-23,25,30-31,33-34,40H,6,13,18-19,24,37H2,1-5H3/t30-,31-,34-/m0/s1. The first-order chi connectivity index (χ1) is 22.4. The van der Waals surface area contributed by atoms with Crippen LogP contribution in [-0.2, 0) is 19.6 Å². The maximum Gasteiger partial charge on any atom is 0.416 e. The number of carbonyl (C=O) groups is 3. The van der Waals surface area contributed by atoms with Crippen LogP contribution in [0.3, 0.4) is 0 Å². The molecule has 11 heteroatoms. The van der Waals surface area contributed by atoms with Gasteiger partial charge in [0.05, 0.1) is 24.7 Å². The van der Waals surface area contributed by atoms with Crippen molar-refractivity contribution in [2.24, 2.45) is 5.73 Å². The van der Waals surface area contributed by atoms with Crippen LogP contribution in [0.5, 0.6) is 0 Å². The van der Waals surface area contributed by atoms with Gasteiger partial charge in [-0.1, -0.05) is 79.7 Å². The number of methoxy groups -OCH3 is 1. The zero-order valence-corrected chi connectivity index (χ0v) is 28.6. The van der Waals surface area contributed by atoms with Crippen molar-refractivity contribution in [2.45, 2.75) is 88.4 Å². The van der Waals surface area contributed by atoms with Crippen LogP contribution in [0.1, 0.15) is 80.8 Å². The van der Waals surface area contributed by atoms with Gasteiger partial charge in [0, 0.05) is 29.6 Å². The Bertz CT molecular complexity index is 1530. The van der Waals surface area contributed by atoms with Crippen molar-refractivity contribution in [3.05, 3.63) is 102 Å². The summed E-state index contributed by atoms with van der Waals surface area (Å²) in [6.45, 7) is 6.29. The summed E-state index contributed by atoms with van der Waals surface area (Å²) < 4.78 is 33.8. The number of aliphatic hydroxyl groups is 1. The van der Waals surface area contributed by atoms with Crippen LogP contribution in [0.15, 0.2) is 89.8 Å². The smallest absolute Gasteiger partial charge is 0.416 e. The molecule has 3 aromatic carbocycles. The molecule has 0 aliphatic heterocycles. The Kier molecular flexibility index (Phi) is 13.8. The Hall–Kier alpha value is -3.90. The molecule has 0 bridgehead atoms. The highest BCUT2D eigenvalue weighted by atomic mass is 32.2. The second-order valence-corrected chi connectivity index (χ2v) is 13.7. The molecule has 10 nitrogen and oxygen atoms in total. The van der Waals surface area contributed by atoms with Gasteiger partial charge < -0.3 is 15.6 Å². The highest BCUT2D eigenvalue weighted by Crippen LogP contribution is 2.30. The van der Waals surface area contributed by atoms with Gasteiger partial charge in [-0.05, 0) is 69.7 Å². The summed E-state index contributed by atoms with van der Waals surface area (Å²) in [5.41, 5.74) is 8.74. The minimum absolute atomic E-state index is 0.0175. The van der Waals surface area contributed by atoms with Crippen molar-refractivity contribution < 1.29 is 32.6 Å². The zero-order chi connectivity index (χ0) is 34.7. The highest BCUT2D eigenvalue weighted by molar-refractivity contribution is 7.89. The summed E-state index contributed by atoms with van der Waals surface area (Å²) in [5.74, 6) is -1.28. The molecule has 0 saturated carbocycles. The van der Waals surface area contributed by atoms with E-state index in [1.54, 1.807) is 13.8 Å². The maximum atomic E-state index is 14.1. The van der Waals surface area contributed by atoms with E-state index in [2.05, 4.69) is 0 Å². The third-order valence-electron chi connectivity index (χ3n) is 8.40. The zero-order valence-electron chi connectivity index (χ0n) is 27.8. The van der Waals surface area contributed by atoms with E-state index in [9.17, 15) is 27.9 Å². The molecule has 0 radical (unpaired) electrons. The van der Waals surface area contributed by atoms with Crippen molar-refractivity contribution >= 4 is 27.8 Å². The summed E-state index contributed by atoms with van der Waals surface area (Å²) in [4.78, 5) is 40.0. The molecule has 254 valence electrons. The minimum atomic E-state index is -4.02. The first kappa shape index (κ1) is 37.6. The number of carbonyl (C=O) groups excluding carboxylic acids is 3. The molecule has 0 aromatic heterocycles. The molecule has 0 heterocycles. The predicted molar refractivity (Wildman–Crippen MR) is 181 cm³/mol. The van der Waals surface area contributed by atoms with E-state index in [0.29, 0.717) is 24.8 Å². The number of hydrogen-bond acceptors (Lipinski definition) is 8. The number of amides is 2. The third-order valence-corrected chi connectivity index (χ3v) is 10.5. The van der Waals surface area contributed by atoms with Gasteiger partial charge in [-0.25, -0.2) is 18.1 Å². The Labute approximate surface area is 278 Å². The summed E-state index contributed by atoms with van der Waals surface area (Å²) in [6, 6.07) is 21.6. The largest absolute Gasteiger partial charge is 0.452 e. The SMILES string of the molecule is CC[C@@H](CCC[C@@H](CO)N(C(C)C)S(=O)(=O)c1ccc(C(C)=O)cc1)N(C(=O)OC)C(=O)[C@@H](N)C(c1ccccc1)c1ccccc1. The number of ketones is 1. The molecule has 0 saturated heterocycles. The topological polar surface area (TPSA) is 147 Å². The summed E-state index contributed by atoms with van der Waals surface area (Å²) in [5, 5.41) is 10.4. The first-order valence-corrected chi connectivity index (χ1v) is 17.3. The van der Waals surface area contributed by atoms with Crippen LogP contribution in [-0.4, -0.2) is 78.4 Å². The number of benzene rings is 3. The van der Waals surface area contributed by atoms with Crippen LogP contribution >= 0.6 is 0 Å². The number of hydrogen-bond donors (Lipinski definition) is 2. The average Bonchev–Trinajstić information content (AvgIpc) is 3.07. The Morgan fingerprint density at radius 2 is 1.36 bits per heavy atom. The quantitative estimate of drug-likeness (QED) is 0.195.